The first-order valence-electron chi connectivity index (χ1n) is 5.60. The van der Waals surface area contributed by atoms with Crippen LogP contribution in [0.2, 0.25) is 0 Å². The molecule has 1 heteroatoms. The van der Waals surface area contributed by atoms with Crippen LogP contribution in [0.3, 0.4) is 0 Å². The van der Waals surface area contributed by atoms with Gasteiger partial charge in [-0.3, -0.25) is 0 Å². The molecule has 2 aliphatic carbocycles. The van der Waals surface area contributed by atoms with Gasteiger partial charge in [-0.25, -0.2) is 0 Å². The summed E-state index contributed by atoms with van der Waals surface area (Å²) in [5.41, 5.74) is -0.0758. The largest absolute Gasteiger partial charge is 0.389 e. The van der Waals surface area contributed by atoms with Gasteiger partial charge in [-0.05, 0) is 42.4 Å². The number of hydrogen-bond donors (Lipinski definition) is 1. The zero-order valence-corrected chi connectivity index (χ0v) is 9.35. The molecular formula is C12H22O. The molecule has 0 heterocycles. The van der Waals surface area contributed by atoms with E-state index in [0.717, 1.165) is 12.3 Å². The maximum Gasteiger partial charge on any atom is 0.0751 e. The van der Waals surface area contributed by atoms with Crippen LogP contribution in [0.5, 0.6) is 0 Å². The third kappa shape index (κ3) is 0.823. The Balaban J connectivity index is 2.45. The second-order valence-electron chi connectivity index (χ2n) is 5.94. The lowest BCUT2D eigenvalue weighted by atomic mass is 9.59. The Morgan fingerprint density at radius 3 is 2.23 bits per heavy atom. The van der Waals surface area contributed by atoms with E-state index in [-0.39, 0.29) is 10.8 Å². The average molecular weight is 182 g/mol. The molecule has 0 aromatic carbocycles. The van der Waals surface area contributed by atoms with Gasteiger partial charge < -0.3 is 5.11 Å². The highest BCUT2D eigenvalue weighted by atomic mass is 16.3. The minimum absolute atomic E-state index is 0.134. The van der Waals surface area contributed by atoms with Crippen molar-refractivity contribution < 1.29 is 5.11 Å². The Bertz CT molecular complexity index is 227. The standard InChI is InChI=1S/C12H22O/c1-5-12(13)10(2,3)9-6-7-11(12,4)8-9/h9,13H,5-8H2,1-4H3. The van der Waals surface area contributed by atoms with E-state index in [0.29, 0.717) is 0 Å². The molecular weight excluding hydrogens is 160 g/mol. The Morgan fingerprint density at radius 2 is 1.92 bits per heavy atom. The molecule has 3 atom stereocenters. The summed E-state index contributed by atoms with van der Waals surface area (Å²) >= 11 is 0. The second-order valence-corrected chi connectivity index (χ2v) is 5.94. The molecule has 2 rings (SSSR count). The van der Waals surface area contributed by atoms with Crippen LogP contribution in [0.15, 0.2) is 0 Å². The minimum Gasteiger partial charge on any atom is -0.389 e. The van der Waals surface area contributed by atoms with Crippen molar-refractivity contribution in [2.45, 2.75) is 59.0 Å². The number of rotatable bonds is 1. The summed E-state index contributed by atoms with van der Waals surface area (Å²) in [6, 6.07) is 0. The monoisotopic (exact) mass is 182 g/mol. The van der Waals surface area contributed by atoms with Crippen molar-refractivity contribution in [2.24, 2.45) is 16.7 Å². The Labute approximate surface area is 81.5 Å². The van der Waals surface area contributed by atoms with Crippen molar-refractivity contribution in [1.29, 1.82) is 0 Å². The predicted octanol–water partition coefficient (Wildman–Crippen LogP) is 2.97. The van der Waals surface area contributed by atoms with E-state index in [9.17, 15) is 5.11 Å². The molecule has 1 N–H and O–H groups in total. The summed E-state index contributed by atoms with van der Waals surface area (Å²) in [5.74, 6) is 0.752. The molecule has 0 aromatic rings. The molecule has 0 spiro atoms. The van der Waals surface area contributed by atoms with Crippen LogP contribution >= 0.6 is 0 Å². The first kappa shape index (κ1) is 9.51. The summed E-state index contributed by atoms with van der Waals surface area (Å²) < 4.78 is 0. The summed E-state index contributed by atoms with van der Waals surface area (Å²) in [5, 5.41) is 10.8. The molecule has 13 heavy (non-hydrogen) atoms. The predicted molar refractivity (Wildman–Crippen MR) is 54.5 cm³/mol. The van der Waals surface area contributed by atoms with Gasteiger partial charge in [0.1, 0.15) is 0 Å². The van der Waals surface area contributed by atoms with Crippen molar-refractivity contribution in [2.75, 3.05) is 0 Å². The van der Waals surface area contributed by atoms with Crippen LogP contribution in [-0.2, 0) is 0 Å². The van der Waals surface area contributed by atoms with E-state index in [1.54, 1.807) is 0 Å². The van der Waals surface area contributed by atoms with Crippen molar-refractivity contribution in [1.82, 2.24) is 0 Å². The van der Waals surface area contributed by atoms with Crippen LogP contribution in [0.1, 0.15) is 53.4 Å². The van der Waals surface area contributed by atoms with Gasteiger partial charge in [-0.2, -0.15) is 0 Å². The van der Waals surface area contributed by atoms with E-state index in [1.165, 1.54) is 19.3 Å². The van der Waals surface area contributed by atoms with E-state index in [4.69, 9.17) is 0 Å². The molecule has 2 saturated carbocycles. The average Bonchev–Trinajstić information content (AvgIpc) is 2.51. The van der Waals surface area contributed by atoms with Gasteiger partial charge in [0.15, 0.2) is 0 Å². The number of fused-ring (bicyclic) bond motifs is 2. The third-order valence-corrected chi connectivity index (χ3v) is 5.34. The molecule has 76 valence electrons. The van der Waals surface area contributed by atoms with Gasteiger partial charge in [0.2, 0.25) is 0 Å². The van der Waals surface area contributed by atoms with Crippen LogP contribution in [-0.4, -0.2) is 10.7 Å². The molecule has 2 aliphatic rings. The van der Waals surface area contributed by atoms with Crippen LogP contribution in [0.4, 0.5) is 0 Å². The lowest BCUT2D eigenvalue weighted by Crippen LogP contribution is -2.53. The molecule has 0 saturated heterocycles. The quantitative estimate of drug-likeness (QED) is 0.661. The smallest absolute Gasteiger partial charge is 0.0751 e. The molecule has 0 radical (unpaired) electrons. The van der Waals surface area contributed by atoms with E-state index < -0.39 is 5.60 Å². The second kappa shape index (κ2) is 2.31. The summed E-state index contributed by atoms with van der Waals surface area (Å²) in [6.07, 6.45) is 4.70. The minimum atomic E-state index is -0.414. The summed E-state index contributed by atoms with van der Waals surface area (Å²) in [4.78, 5) is 0. The fourth-order valence-electron chi connectivity index (χ4n) is 4.23. The van der Waals surface area contributed by atoms with Crippen LogP contribution in [0, 0.1) is 16.7 Å². The summed E-state index contributed by atoms with van der Waals surface area (Å²) in [7, 11) is 0. The van der Waals surface area contributed by atoms with E-state index in [2.05, 4.69) is 27.7 Å². The van der Waals surface area contributed by atoms with Gasteiger partial charge in [-0.1, -0.05) is 27.7 Å². The zero-order valence-electron chi connectivity index (χ0n) is 9.35. The SMILES string of the molecule is CCC1(O)C2(C)CCC(C2)C1(C)C. The Kier molecular flexibility index (Phi) is 1.69. The van der Waals surface area contributed by atoms with Gasteiger partial charge >= 0.3 is 0 Å². The fourth-order valence-corrected chi connectivity index (χ4v) is 4.23. The molecule has 1 nitrogen and oxygen atoms in total. The molecule has 0 aliphatic heterocycles. The fraction of sp³-hybridized carbons (Fsp3) is 1.00. The van der Waals surface area contributed by atoms with Gasteiger partial charge in [0.25, 0.3) is 0 Å². The maximum absolute atomic E-state index is 10.8. The zero-order chi connectivity index (χ0) is 9.91. The molecule has 2 fully saturated rings. The van der Waals surface area contributed by atoms with Crippen LogP contribution < -0.4 is 0 Å². The Morgan fingerprint density at radius 1 is 1.31 bits per heavy atom. The van der Waals surface area contributed by atoms with Gasteiger partial charge in [0.05, 0.1) is 5.60 Å². The van der Waals surface area contributed by atoms with Crippen molar-refractivity contribution >= 4 is 0 Å². The Hall–Kier alpha value is -0.0400. The molecule has 2 bridgehead atoms. The molecule has 3 unspecified atom stereocenters. The van der Waals surface area contributed by atoms with Gasteiger partial charge in [-0.15, -0.1) is 0 Å². The molecule has 0 aromatic heterocycles. The normalized spacial score (nSPS) is 52.8. The highest BCUT2D eigenvalue weighted by Gasteiger charge is 2.67. The van der Waals surface area contributed by atoms with Crippen molar-refractivity contribution in [3.63, 3.8) is 0 Å². The van der Waals surface area contributed by atoms with Gasteiger partial charge in [0, 0.05) is 0 Å². The third-order valence-electron chi connectivity index (χ3n) is 5.34. The maximum atomic E-state index is 10.8. The first-order valence-corrected chi connectivity index (χ1v) is 5.60. The van der Waals surface area contributed by atoms with Crippen LogP contribution in [0.25, 0.3) is 0 Å². The summed E-state index contributed by atoms with van der Waals surface area (Å²) in [6.45, 7) is 8.93. The lowest BCUT2D eigenvalue weighted by Gasteiger charge is -2.50. The molecule has 0 amide bonds. The highest BCUT2D eigenvalue weighted by molar-refractivity contribution is 5.17. The van der Waals surface area contributed by atoms with E-state index in [1.807, 2.05) is 0 Å². The topological polar surface area (TPSA) is 20.2 Å². The number of hydrogen-bond acceptors (Lipinski definition) is 1. The number of aliphatic hydroxyl groups is 1. The van der Waals surface area contributed by atoms with Crippen molar-refractivity contribution in [3.05, 3.63) is 0 Å². The lowest BCUT2D eigenvalue weighted by molar-refractivity contribution is -0.144. The highest BCUT2D eigenvalue weighted by Crippen LogP contribution is 2.68. The van der Waals surface area contributed by atoms with E-state index >= 15 is 0 Å². The first-order chi connectivity index (χ1) is 5.87. The van der Waals surface area contributed by atoms with Crippen molar-refractivity contribution in [3.8, 4) is 0 Å².